The van der Waals surface area contributed by atoms with E-state index in [1.165, 1.54) is 10.8 Å². The van der Waals surface area contributed by atoms with Crippen LogP contribution in [0.1, 0.15) is 24.7 Å². The number of nitrogens with one attached hydrogen (secondary N) is 2. The maximum atomic E-state index is 12.2. The molecule has 0 saturated heterocycles. The van der Waals surface area contributed by atoms with Gasteiger partial charge in [-0.1, -0.05) is 6.92 Å². The molecular weight excluding hydrogens is 320 g/mol. The molecule has 2 amide bonds. The van der Waals surface area contributed by atoms with Crippen molar-refractivity contribution in [1.29, 1.82) is 0 Å². The van der Waals surface area contributed by atoms with Crippen molar-refractivity contribution < 1.29 is 13.2 Å². The third-order valence-electron chi connectivity index (χ3n) is 2.82. The second-order valence-electron chi connectivity index (χ2n) is 4.94. The molecule has 10 heteroatoms. The topological polar surface area (TPSA) is 119 Å². The molecule has 2 rings (SSSR count). The van der Waals surface area contributed by atoms with Crippen LogP contribution in [0.15, 0.2) is 23.6 Å². The Morgan fingerprint density at radius 3 is 2.52 bits per heavy atom. The Kier molecular flexibility index (Phi) is 4.94. The monoisotopic (exact) mass is 338 g/mol. The zero-order chi connectivity index (χ0) is 17.0. The van der Waals surface area contributed by atoms with Gasteiger partial charge in [0.25, 0.3) is 10.0 Å². The van der Waals surface area contributed by atoms with Crippen molar-refractivity contribution in [3.8, 4) is 0 Å². The average Bonchev–Trinajstić information content (AvgIpc) is 2.86. The lowest BCUT2D eigenvalue weighted by molar-refractivity contribution is 0.256. The summed E-state index contributed by atoms with van der Waals surface area (Å²) < 4.78 is 27.8. The van der Waals surface area contributed by atoms with Crippen molar-refractivity contribution in [2.45, 2.75) is 38.9 Å². The molecule has 2 aromatic heterocycles. The maximum Gasteiger partial charge on any atom is 0.335 e. The molecule has 0 fully saturated rings. The Hall–Kier alpha value is -2.49. The molecule has 0 aliphatic carbocycles. The molecule has 124 valence electrons. The van der Waals surface area contributed by atoms with Gasteiger partial charge in [0.15, 0.2) is 0 Å². The fourth-order valence-electron chi connectivity index (χ4n) is 2.03. The fraction of sp³-hybridized carbons (Fsp3) is 0.385. The number of hydrogen-bond donors (Lipinski definition) is 2. The van der Waals surface area contributed by atoms with Gasteiger partial charge in [-0.15, -0.1) is 0 Å². The highest BCUT2D eigenvalue weighted by molar-refractivity contribution is 7.89. The van der Waals surface area contributed by atoms with Gasteiger partial charge in [-0.3, -0.25) is 5.32 Å². The molecule has 9 nitrogen and oxygen atoms in total. The number of sulfonamides is 1. The Morgan fingerprint density at radius 2 is 1.91 bits per heavy atom. The van der Waals surface area contributed by atoms with Crippen molar-refractivity contribution in [2.24, 2.45) is 0 Å². The fourth-order valence-corrected chi connectivity index (χ4v) is 3.07. The first kappa shape index (κ1) is 16.9. The summed E-state index contributed by atoms with van der Waals surface area (Å²) in [5.41, 5.74) is 1.32. The van der Waals surface area contributed by atoms with Crippen molar-refractivity contribution >= 4 is 22.0 Å². The van der Waals surface area contributed by atoms with Crippen LogP contribution < -0.4 is 10.0 Å². The van der Waals surface area contributed by atoms with Crippen LogP contribution in [0.4, 0.5) is 10.7 Å². The number of amides is 2. The van der Waals surface area contributed by atoms with Crippen molar-refractivity contribution in [1.82, 2.24) is 24.2 Å². The third-order valence-corrected chi connectivity index (χ3v) is 4.09. The number of carbonyl (C=O) groups is 1. The Bertz CT molecular complexity index is 795. The first-order valence-corrected chi connectivity index (χ1v) is 8.47. The third kappa shape index (κ3) is 4.25. The molecule has 0 aliphatic heterocycles. The smallest absolute Gasteiger partial charge is 0.320 e. The second-order valence-corrected chi connectivity index (χ2v) is 6.51. The molecule has 23 heavy (non-hydrogen) atoms. The predicted molar refractivity (Wildman–Crippen MR) is 83.4 cm³/mol. The number of nitrogens with zero attached hydrogens (tertiary/aromatic N) is 4. The van der Waals surface area contributed by atoms with Gasteiger partial charge in [0.05, 0.1) is 0 Å². The minimum Gasteiger partial charge on any atom is -0.320 e. The molecule has 2 heterocycles. The summed E-state index contributed by atoms with van der Waals surface area (Å²) in [6.45, 7) is 5.89. The summed E-state index contributed by atoms with van der Waals surface area (Å²) in [6.07, 6.45) is 3.65. The van der Waals surface area contributed by atoms with Gasteiger partial charge >= 0.3 is 6.03 Å². The minimum atomic E-state index is -4.08. The highest BCUT2D eigenvalue weighted by Gasteiger charge is 2.23. The van der Waals surface area contributed by atoms with E-state index >= 15 is 0 Å². The van der Waals surface area contributed by atoms with Gasteiger partial charge in [0.2, 0.25) is 11.1 Å². The highest BCUT2D eigenvalue weighted by atomic mass is 32.2. The van der Waals surface area contributed by atoms with Crippen LogP contribution in [-0.4, -0.2) is 34.0 Å². The summed E-state index contributed by atoms with van der Waals surface area (Å²) in [5, 5.41) is 2.09. The SMILES string of the molecule is CCCn1ccnc1S(=O)(=O)NC(=O)Nc1nc(C)cc(C)n1. The number of carbonyl (C=O) groups excluding carboxylic acids is 1. The van der Waals surface area contributed by atoms with Gasteiger partial charge in [0, 0.05) is 30.3 Å². The van der Waals surface area contributed by atoms with Gasteiger partial charge < -0.3 is 4.57 Å². The zero-order valence-corrected chi connectivity index (χ0v) is 13.9. The van der Waals surface area contributed by atoms with Gasteiger partial charge in [-0.25, -0.2) is 24.5 Å². The van der Waals surface area contributed by atoms with E-state index < -0.39 is 16.1 Å². The Labute approximate surface area is 134 Å². The summed E-state index contributed by atoms with van der Waals surface area (Å²) >= 11 is 0. The first-order valence-electron chi connectivity index (χ1n) is 6.99. The van der Waals surface area contributed by atoms with Gasteiger partial charge in [-0.05, 0) is 26.3 Å². The molecule has 0 aromatic carbocycles. The van der Waals surface area contributed by atoms with Gasteiger partial charge in [-0.2, -0.15) is 8.42 Å². The summed E-state index contributed by atoms with van der Waals surface area (Å²) in [5.74, 6) is 0.0344. The van der Waals surface area contributed by atoms with E-state index in [0.717, 1.165) is 6.42 Å². The quantitative estimate of drug-likeness (QED) is 0.846. The van der Waals surface area contributed by atoms with Crippen molar-refractivity contribution in [3.05, 3.63) is 29.8 Å². The standard InChI is InChI=1S/C13H18N6O3S/c1-4-6-19-7-5-14-13(19)23(21,22)18-12(20)17-11-15-9(2)8-10(3)16-11/h5,7-8H,4,6H2,1-3H3,(H2,15,16,17,18,20). The molecule has 2 aromatic rings. The van der Waals surface area contributed by atoms with Crippen LogP contribution in [-0.2, 0) is 16.6 Å². The summed E-state index contributed by atoms with van der Waals surface area (Å²) in [7, 11) is -4.08. The number of aryl methyl sites for hydroxylation is 3. The largest absolute Gasteiger partial charge is 0.335 e. The number of rotatable bonds is 5. The average molecular weight is 338 g/mol. The van der Waals surface area contributed by atoms with Crippen LogP contribution in [0.3, 0.4) is 0 Å². The van der Waals surface area contributed by atoms with Crippen molar-refractivity contribution in [2.75, 3.05) is 5.32 Å². The lowest BCUT2D eigenvalue weighted by atomic mass is 10.4. The molecule has 2 N–H and O–H groups in total. The summed E-state index contributed by atoms with van der Waals surface area (Å²) in [6, 6.07) is 0.794. The van der Waals surface area contributed by atoms with Crippen LogP contribution in [0.25, 0.3) is 0 Å². The highest BCUT2D eigenvalue weighted by Crippen LogP contribution is 2.08. The van der Waals surface area contributed by atoms with E-state index in [1.807, 2.05) is 11.6 Å². The molecular formula is C13H18N6O3S. The molecule has 0 saturated carbocycles. The zero-order valence-electron chi connectivity index (χ0n) is 13.1. The molecule has 0 radical (unpaired) electrons. The number of imidazole rings is 1. The minimum absolute atomic E-state index is 0.0344. The Balaban J connectivity index is 2.13. The van der Waals surface area contributed by atoms with E-state index in [-0.39, 0.29) is 11.1 Å². The van der Waals surface area contributed by atoms with Crippen LogP contribution in [0, 0.1) is 13.8 Å². The lowest BCUT2D eigenvalue weighted by Crippen LogP contribution is -2.36. The molecule has 0 aliphatic rings. The van der Waals surface area contributed by atoms with E-state index in [2.05, 4.69) is 20.3 Å². The normalized spacial score (nSPS) is 11.3. The van der Waals surface area contributed by atoms with E-state index in [0.29, 0.717) is 17.9 Å². The summed E-state index contributed by atoms with van der Waals surface area (Å²) in [4.78, 5) is 23.7. The van der Waals surface area contributed by atoms with Gasteiger partial charge in [0.1, 0.15) is 0 Å². The molecule has 0 atom stereocenters. The van der Waals surface area contributed by atoms with Crippen LogP contribution >= 0.6 is 0 Å². The van der Waals surface area contributed by atoms with E-state index in [4.69, 9.17) is 0 Å². The maximum absolute atomic E-state index is 12.2. The lowest BCUT2D eigenvalue weighted by Gasteiger charge is -2.09. The van der Waals surface area contributed by atoms with E-state index in [9.17, 15) is 13.2 Å². The number of hydrogen-bond acceptors (Lipinski definition) is 6. The molecule has 0 unspecified atom stereocenters. The molecule has 0 spiro atoms. The van der Waals surface area contributed by atoms with Crippen molar-refractivity contribution in [3.63, 3.8) is 0 Å². The first-order chi connectivity index (χ1) is 10.8. The number of anilines is 1. The molecule has 0 bridgehead atoms. The second kappa shape index (κ2) is 6.73. The van der Waals surface area contributed by atoms with E-state index in [1.54, 1.807) is 26.1 Å². The number of aromatic nitrogens is 4. The Morgan fingerprint density at radius 1 is 1.26 bits per heavy atom. The van der Waals surface area contributed by atoms with Crippen LogP contribution in [0.5, 0.6) is 0 Å². The van der Waals surface area contributed by atoms with Crippen LogP contribution in [0.2, 0.25) is 0 Å². The number of urea groups is 1. The predicted octanol–water partition coefficient (Wildman–Crippen LogP) is 1.21.